The Morgan fingerprint density at radius 3 is 1.00 bits per heavy atom. The van der Waals surface area contributed by atoms with Crippen LogP contribution < -0.4 is 9.05 Å². The van der Waals surface area contributed by atoms with E-state index < -0.39 is 16.3 Å². The maximum absolute atomic E-state index is 6.80. The van der Waals surface area contributed by atoms with Gasteiger partial charge in [-0.25, -0.2) is 0 Å². The molecule has 2 nitrogen and oxygen atoms in total. The van der Waals surface area contributed by atoms with Crippen molar-refractivity contribution in [3.8, 4) is 11.5 Å². The lowest BCUT2D eigenvalue weighted by atomic mass is 9.80. The standard InChI is InChI=1S/C26H48O2P2/c1-17(2)29(18(3)4)27-23-16-24(28-30(19(5)6)20(7)8)22(26(12,13)14)15-21(23)25(9,10)11/h15-20H,1-14H3. The van der Waals surface area contributed by atoms with Gasteiger partial charge < -0.3 is 9.05 Å². The van der Waals surface area contributed by atoms with E-state index in [4.69, 9.17) is 9.05 Å². The SMILES string of the molecule is CC(C)P(Oc1cc(OP(C(C)C)C(C)C)c(C(C)(C)C)cc1C(C)(C)C)C(C)C. The first-order valence-electron chi connectivity index (χ1n) is 11.6. The summed E-state index contributed by atoms with van der Waals surface area (Å²) in [5.74, 6) is 2.03. The van der Waals surface area contributed by atoms with Crippen LogP contribution in [0.4, 0.5) is 0 Å². The van der Waals surface area contributed by atoms with E-state index in [1.54, 1.807) is 0 Å². The summed E-state index contributed by atoms with van der Waals surface area (Å²) in [4.78, 5) is 0. The summed E-state index contributed by atoms with van der Waals surface area (Å²) >= 11 is 0. The van der Waals surface area contributed by atoms with E-state index in [-0.39, 0.29) is 10.8 Å². The molecule has 1 aromatic carbocycles. The molecule has 0 aliphatic rings. The smallest absolute Gasteiger partial charge is 0.130 e. The first kappa shape index (κ1) is 27.7. The Balaban J connectivity index is 3.70. The fourth-order valence-corrected chi connectivity index (χ4v) is 7.71. The number of rotatable bonds is 8. The van der Waals surface area contributed by atoms with Crippen molar-refractivity contribution < 1.29 is 9.05 Å². The van der Waals surface area contributed by atoms with Gasteiger partial charge in [0.1, 0.15) is 11.5 Å². The molecular weight excluding hydrogens is 406 g/mol. The van der Waals surface area contributed by atoms with Crippen LogP contribution in [0, 0.1) is 0 Å². The first-order valence-corrected chi connectivity index (χ1v) is 14.4. The van der Waals surface area contributed by atoms with Crippen molar-refractivity contribution >= 4 is 16.3 Å². The second-order valence-electron chi connectivity index (χ2n) is 11.6. The number of hydrogen-bond donors (Lipinski definition) is 0. The largest absolute Gasteiger partial charge is 0.473 e. The molecule has 1 rings (SSSR count). The Morgan fingerprint density at radius 2 is 0.800 bits per heavy atom. The molecule has 0 spiro atoms. The molecule has 0 radical (unpaired) electrons. The van der Waals surface area contributed by atoms with Crippen LogP contribution in [0.3, 0.4) is 0 Å². The van der Waals surface area contributed by atoms with Gasteiger partial charge in [0.05, 0.1) is 16.3 Å². The Kier molecular flexibility index (Phi) is 9.73. The van der Waals surface area contributed by atoms with Gasteiger partial charge in [0.2, 0.25) is 0 Å². The summed E-state index contributed by atoms with van der Waals surface area (Å²) in [6.07, 6.45) is 0. The Hall–Kier alpha value is -0.320. The summed E-state index contributed by atoms with van der Waals surface area (Å²) in [7, 11) is -1.13. The van der Waals surface area contributed by atoms with E-state index in [9.17, 15) is 0 Å². The maximum Gasteiger partial charge on any atom is 0.130 e. The van der Waals surface area contributed by atoms with Gasteiger partial charge in [0.25, 0.3) is 0 Å². The van der Waals surface area contributed by atoms with Gasteiger partial charge >= 0.3 is 0 Å². The Labute approximate surface area is 190 Å². The molecule has 30 heavy (non-hydrogen) atoms. The molecule has 0 atom stereocenters. The monoisotopic (exact) mass is 454 g/mol. The van der Waals surface area contributed by atoms with Crippen LogP contribution in [-0.2, 0) is 10.8 Å². The van der Waals surface area contributed by atoms with Crippen molar-refractivity contribution in [2.24, 2.45) is 0 Å². The van der Waals surface area contributed by atoms with Gasteiger partial charge in [-0.05, 0) is 16.9 Å². The molecule has 0 bridgehead atoms. The number of hydrogen-bond acceptors (Lipinski definition) is 2. The van der Waals surface area contributed by atoms with Gasteiger partial charge in [-0.3, -0.25) is 0 Å². The summed E-state index contributed by atoms with van der Waals surface area (Å²) < 4.78 is 13.6. The summed E-state index contributed by atoms with van der Waals surface area (Å²) in [6.45, 7) is 31.9. The molecule has 0 fully saturated rings. The van der Waals surface area contributed by atoms with Crippen LogP contribution in [0.5, 0.6) is 11.5 Å². The van der Waals surface area contributed by atoms with Crippen molar-refractivity contribution in [1.82, 2.24) is 0 Å². The molecule has 174 valence electrons. The van der Waals surface area contributed by atoms with E-state index in [0.717, 1.165) is 11.5 Å². The highest BCUT2D eigenvalue weighted by atomic mass is 31.1. The molecule has 0 saturated carbocycles. The zero-order valence-corrected chi connectivity index (χ0v) is 24.0. The Morgan fingerprint density at radius 1 is 0.533 bits per heavy atom. The van der Waals surface area contributed by atoms with E-state index >= 15 is 0 Å². The van der Waals surface area contributed by atoms with Crippen molar-refractivity contribution in [1.29, 1.82) is 0 Å². The zero-order chi connectivity index (χ0) is 23.6. The third-order valence-corrected chi connectivity index (χ3v) is 10.0. The van der Waals surface area contributed by atoms with E-state index in [2.05, 4.69) is 109 Å². The minimum Gasteiger partial charge on any atom is -0.473 e. The fourth-order valence-electron chi connectivity index (χ4n) is 3.73. The Bertz CT molecular complexity index is 608. The lowest BCUT2D eigenvalue weighted by Gasteiger charge is -2.34. The molecule has 0 N–H and O–H groups in total. The minimum absolute atomic E-state index is 0.00363. The van der Waals surface area contributed by atoms with E-state index in [1.807, 2.05) is 0 Å². The van der Waals surface area contributed by atoms with Gasteiger partial charge in [-0.15, -0.1) is 0 Å². The topological polar surface area (TPSA) is 18.5 Å². The number of benzene rings is 1. The van der Waals surface area contributed by atoms with E-state index in [1.165, 1.54) is 11.1 Å². The molecule has 4 heteroatoms. The molecule has 0 heterocycles. The normalized spacial score (nSPS) is 13.5. The molecule has 0 aliphatic carbocycles. The third-order valence-electron chi connectivity index (χ3n) is 5.14. The third kappa shape index (κ3) is 7.38. The average Bonchev–Trinajstić information content (AvgIpc) is 2.53. The van der Waals surface area contributed by atoms with E-state index in [0.29, 0.717) is 22.6 Å². The predicted octanol–water partition coefficient (Wildman–Crippen LogP) is 9.47. The summed E-state index contributed by atoms with van der Waals surface area (Å²) in [5, 5.41) is 0. The van der Waals surface area contributed by atoms with Crippen LogP contribution in [0.1, 0.15) is 108 Å². The fraction of sp³-hybridized carbons (Fsp3) is 0.769. The molecule has 0 unspecified atom stereocenters. The molecule has 0 aromatic heterocycles. The second-order valence-corrected chi connectivity index (χ2v) is 17.6. The van der Waals surface area contributed by atoms with Gasteiger partial charge in [-0.2, -0.15) is 0 Å². The predicted molar refractivity (Wildman–Crippen MR) is 139 cm³/mol. The highest BCUT2D eigenvalue weighted by molar-refractivity contribution is 7.54. The molecule has 0 amide bonds. The molecular formula is C26H48O2P2. The maximum atomic E-state index is 6.80. The van der Waals surface area contributed by atoms with Crippen LogP contribution in [-0.4, -0.2) is 22.6 Å². The van der Waals surface area contributed by atoms with Crippen molar-refractivity contribution in [3.05, 3.63) is 23.3 Å². The first-order chi connectivity index (χ1) is 13.5. The molecule has 0 aliphatic heterocycles. The van der Waals surface area contributed by atoms with Crippen LogP contribution >= 0.6 is 16.3 Å². The quantitative estimate of drug-likeness (QED) is 0.364. The van der Waals surface area contributed by atoms with Crippen molar-refractivity contribution in [2.75, 3.05) is 0 Å². The zero-order valence-electron chi connectivity index (χ0n) is 22.2. The van der Waals surface area contributed by atoms with Crippen LogP contribution in [0.25, 0.3) is 0 Å². The lowest BCUT2D eigenvalue weighted by Crippen LogP contribution is -2.20. The van der Waals surface area contributed by atoms with Gasteiger partial charge in [0, 0.05) is 39.8 Å². The lowest BCUT2D eigenvalue weighted by molar-refractivity contribution is 0.498. The molecule has 1 aromatic rings. The van der Waals surface area contributed by atoms with Crippen LogP contribution in [0.2, 0.25) is 0 Å². The van der Waals surface area contributed by atoms with Crippen molar-refractivity contribution in [3.63, 3.8) is 0 Å². The summed E-state index contributed by atoms with van der Waals surface area (Å²) in [6, 6.07) is 4.59. The summed E-state index contributed by atoms with van der Waals surface area (Å²) in [5.41, 5.74) is 4.64. The minimum atomic E-state index is -0.564. The van der Waals surface area contributed by atoms with Crippen LogP contribution in [0.15, 0.2) is 12.1 Å². The second kappa shape index (κ2) is 10.5. The van der Waals surface area contributed by atoms with Crippen molar-refractivity contribution in [2.45, 2.75) is 130 Å². The molecule has 0 saturated heterocycles. The van der Waals surface area contributed by atoms with Gasteiger partial charge in [-0.1, -0.05) is 96.9 Å². The highest BCUT2D eigenvalue weighted by Gasteiger charge is 2.31. The highest BCUT2D eigenvalue weighted by Crippen LogP contribution is 2.54. The average molecular weight is 455 g/mol. The van der Waals surface area contributed by atoms with Gasteiger partial charge in [0.15, 0.2) is 0 Å².